The first-order chi connectivity index (χ1) is 10.3. The van der Waals surface area contributed by atoms with E-state index in [1.165, 1.54) is 0 Å². The van der Waals surface area contributed by atoms with Crippen molar-refractivity contribution in [2.45, 2.75) is 58.4 Å². The van der Waals surface area contributed by atoms with E-state index in [1.807, 2.05) is 11.8 Å². The van der Waals surface area contributed by atoms with Gasteiger partial charge in [0, 0.05) is 31.1 Å². The maximum Gasteiger partial charge on any atom is 0.225 e. The third-order valence-corrected chi connectivity index (χ3v) is 4.76. The molecular weight excluding hydrogens is 278 g/mol. The van der Waals surface area contributed by atoms with Gasteiger partial charge in [-0.05, 0) is 44.9 Å². The van der Waals surface area contributed by atoms with Crippen LogP contribution in [0.5, 0.6) is 0 Å². The third-order valence-electron chi connectivity index (χ3n) is 4.76. The van der Waals surface area contributed by atoms with Crippen LogP contribution in [0.25, 0.3) is 0 Å². The number of likely N-dealkylation sites (tertiary alicyclic amines) is 1. The molecule has 126 valence electrons. The molecule has 2 aliphatic rings. The van der Waals surface area contributed by atoms with E-state index in [-0.39, 0.29) is 29.2 Å². The van der Waals surface area contributed by atoms with Crippen molar-refractivity contribution in [2.75, 3.05) is 19.6 Å². The average molecular weight is 309 g/mol. The number of piperidine rings is 1. The van der Waals surface area contributed by atoms with Crippen molar-refractivity contribution in [3.63, 3.8) is 0 Å². The predicted octanol–water partition coefficient (Wildman–Crippen LogP) is 1.51. The fourth-order valence-electron chi connectivity index (χ4n) is 3.47. The molecule has 0 aromatic rings. The molecule has 2 atom stereocenters. The summed E-state index contributed by atoms with van der Waals surface area (Å²) < 4.78 is 0. The van der Waals surface area contributed by atoms with Gasteiger partial charge in [0.25, 0.3) is 0 Å². The molecule has 5 heteroatoms. The summed E-state index contributed by atoms with van der Waals surface area (Å²) in [6, 6.07) is 0. The number of amides is 2. The first kappa shape index (κ1) is 17.3. The quantitative estimate of drug-likeness (QED) is 0.781. The monoisotopic (exact) mass is 309 g/mol. The van der Waals surface area contributed by atoms with E-state index in [1.54, 1.807) is 0 Å². The lowest BCUT2D eigenvalue weighted by atomic mass is 9.89. The Morgan fingerprint density at radius 3 is 2.50 bits per heavy atom. The van der Waals surface area contributed by atoms with Crippen molar-refractivity contribution in [3.05, 3.63) is 0 Å². The number of carbonyl (C=O) groups excluding carboxylic acids is 2. The first-order valence-electron chi connectivity index (χ1n) is 8.65. The summed E-state index contributed by atoms with van der Waals surface area (Å²) in [6.07, 6.45) is 4.69. The SMILES string of the molecule is CC(C)CC(C)(CN)NC(=O)C1CCCN(C(=O)C2CC2)C1. The van der Waals surface area contributed by atoms with Crippen molar-refractivity contribution >= 4 is 11.8 Å². The number of nitrogens with two attached hydrogens (primary N) is 1. The van der Waals surface area contributed by atoms with E-state index in [0.29, 0.717) is 19.0 Å². The molecule has 1 saturated heterocycles. The molecule has 3 N–H and O–H groups in total. The zero-order chi connectivity index (χ0) is 16.3. The fraction of sp³-hybridized carbons (Fsp3) is 0.882. The molecule has 22 heavy (non-hydrogen) atoms. The standard InChI is InChI=1S/C17H31N3O2/c1-12(2)9-17(3,11-18)19-15(21)14-5-4-8-20(10-14)16(22)13-6-7-13/h12-14H,4-11,18H2,1-3H3,(H,19,21). The minimum atomic E-state index is -0.353. The number of carbonyl (C=O) groups is 2. The molecule has 1 heterocycles. The zero-order valence-corrected chi connectivity index (χ0v) is 14.2. The number of rotatable bonds is 6. The lowest BCUT2D eigenvalue weighted by molar-refractivity contribution is -0.137. The van der Waals surface area contributed by atoms with Crippen LogP contribution in [-0.4, -0.2) is 41.9 Å². The van der Waals surface area contributed by atoms with Crippen LogP contribution < -0.4 is 11.1 Å². The summed E-state index contributed by atoms with van der Waals surface area (Å²) in [5.41, 5.74) is 5.52. The molecule has 2 fully saturated rings. The van der Waals surface area contributed by atoms with E-state index >= 15 is 0 Å². The smallest absolute Gasteiger partial charge is 0.225 e. The Morgan fingerprint density at radius 1 is 1.27 bits per heavy atom. The van der Waals surface area contributed by atoms with Crippen molar-refractivity contribution in [1.29, 1.82) is 0 Å². The van der Waals surface area contributed by atoms with E-state index in [0.717, 1.165) is 38.6 Å². The van der Waals surface area contributed by atoms with Gasteiger partial charge in [0.2, 0.25) is 11.8 Å². The van der Waals surface area contributed by atoms with Gasteiger partial charge >= 0.3 is 0 Å². The minimum absolute atomic E-state index is 0.0573. The Labute approximate surface area is 134 Å². The average Bonchev–Trinajstić information content (AvgIpc) is 3.30. The highest BCUT2D eigenvalue weighted by atomic mass is 16.2. The lowest BCUT2D eigenvalue weighted by Crippen LogP contribution is -2.56. The summed E-state index contributed by atoms with van der Waals surface area (Å²) in [6.45, 7) is 8.10. The lowest BCUT2D eigenvalue weighted by Gasteiger charge is -2.36. The molecule has 2 rings (SSSR count). The van der Waals surface area contributed by atoms with Gasteiger partial charge in [0.05, 0.1) is 5.92 Å². The van der Waals surface area contributed by atoms with E-state index in [9.17, 15) is 9.59 Å². The van der Waals surface area contributed by atoms with E-state index in [2.05, 4.69) is 19.2 Å². The first-order valence-corrected chi connectivity index (χ1v) is 8.65. The molecule has 0 aromatic carbocycles. The normalized spacial score (nSPS) is 25.0. The Balaban J connectivity index is 1.91. The van der Waals surface area contributed by atoms with Gasteiger partial charge in [-0.1, -0.05) is 13.8 Å². The summed E-state index contributed by atoms with van der Waals surface area (Å²) in [5, 5.41) is 3.15. The van der Waals surface area contributed by atoms with E-state index < -0.39 is 0 Å². The van der Waals surface area contributed by atoms with Crippen LogP contribution in [0.15, 0.2) is 0 Å². The predicted molar refractivity (Wildman–Crippen MR) is 87.1 cm³/mol. The van der Waals surface area contributed by atoms with Gasteiger partial charge in [-0.3, -0.25) is 9.59 Å². The van der Waals surface area contributed by atoms with Crippen LogP contribution in [-0.2, 0) is 9.59 Å². The second-order valence-electron chi connectivity index (χ2n) is 7.75. The number of hydrogen-bond donors (Lipinski definition) is 2. The molecular formula is C17H31N3O2. The maximum atomic E-state index is 12.6. The molecule has 0 aromatic heterocycles. The Bertz CT molecular complexity index is 420. The Morgan fingerprint density at radius 2 is 1.95 bits per heavy atom. The highest BCUT2D eigenvalue weighted by Crippen LogP contribution is 2.32. The highest BCUT2D eigenvalue weighted by molar-refractivity contribution is 5.83. The van der Waals surface area contributed by atoms with Crippen LogP contribution in [0.4, 0.5) is 0 Å². The molecule has 2 amide bonds. The zero-order valence-electron chi connectivity index (χ0n) is 14.2. The summed E-state index contributed by atoms with van der Waals surface area (Å²) in [4.78, 5) is 26.7. The van der Waals surface area contributed by atoms with Gasteiger partial charge in [-0.15, -0.1) is 0 Å². The van der Waals surface area contributed by atoms with Crippen LogP contribution in [0.3, 0.4) is 0 Å². The second-order valence-corrected chi connectivity index (χ2v) is 7.75. The summed E-state index contributed by atoms with van der Waals surface area (Å²) >= 11 is 0. The highest BCUT2D eigenvalue weighted by Gasteiger charge is 2.37. The van der Waals surface area contributed by atoms with Crippen LogP contribution >= 0.6 is 0 Å². The molecule has 0 radical (unpaired) electrons. The van der Waals surface area contributed by atoms with Crippen molar-refractivity contribution in [2.24, 2.45) is 23.5 Å². The molecule has 0 spiro atoms. The van der Waals surface area contributed by atoms with Gasteiger partial charge in [-0.2, -0.15) is 0 Å². The minimum Gasteiger partial charge on any atom is -0.349 e. The molecule has 5 nitrogen and oxygen atoms in total. The fourth-order valence-corrected chi connectivity index (χ4v) is 3.47. The summed E-state index contributed by atoms with van der Waals surface area (Å²) in [7, 11) is 0. The Kier molecular flexibility index (Phi) is 5.48. The van der Waals surface area contributed by atoms with Crippen molar-refractivity contribution < 1.29 is 9.59 Å². The van der Waals surface area contributed by atoms with Crippen LogP contribution in [0, 0.1) is 17.8 Å². The van der Waals surface area contributed by atoms with Gasteiger partial charge in [0.15, 0.2) is 0 Å². The second kappa shape index (κ2) is 6.99. The van der Waals surface area contributed by atoms with Crippen molar-refractivity contribution in [3.8, 4) is 0 Å². The molecule has 2 unspecified atom stereocenters. The molecule has 1 saturated carbocycles. The molecule has 1 aliphatic heterocycles. The number of hydrogen-bond acceptors (Lipinski definition) is 3. The van der Waals surface area contributed by atoms with Crippen LogP contribution in [0.2, 0.25) is 0 Å². The van der Waals surface area contributed by atoms with Crippen molar-refractivity contribution in [1.82, 2.24) is 10.2 Å². The third kappa shape index (κ3) is 4.45. The topological polar surface area (TPSA) is 75.4 Å². The summed E-state index contributed by atoms with van der Waals surface area (Å²) in [5.74, 6) is 0.933. The molecule has 1 aliphatic carbocycles. The van der Waals surface area contributed by atoms with Gasteiger partial charge in [-0.25, -0.2) is 0 Å². The Hall–Kier alpha value is -1.10. The van der Waals surface area contributed by atoms with Crippen LogP contribution in [0.1, 0.15) is 52.9 Å². The number of nitrogens with one attached hydrogen (secondary N) is 1. The molecule has 0 bridgehead atoms. The maximum absolute atomic E-state index is 12.6. The van der Waals surface area contributed by atoms with Gasteiger partial charge < -0.3 is 16.0 Å². The van der Waals surface area contributed by atoms with Gasteiger partial charge in [0.1, 0.15) is 0 Å². The number of nitrogens with zero attached hydrogens (tertiary/aromatic N) is 1. The van der Waals surface area contributed by atoms with E-state index in [4.69, 9.17) is 5.73 Å². The largest absolute Gasteiger partial charge is 0.349 e.